The number of hydrogen-bond acceptors (Lipinski definition) is 3. The number of carboxylic acid groups (broad SMARTS) is 1. The standard InChI is InChI=1S/C25H27ClFNO4S/c1-12-9-17(26)6-7-18(12)15(4)28-23-16(10-21(29)30)8-13(2)22(23)19-11-20(27)14(3)25(24(19)28)33(5,31)32/h6-7,9,11,13,15-16H,8,10H2,1-5H3,(H,29,30)/t13?,15?,16-/m1/s1/i15D. The number of halogens is 2. The van der Waals surface area contributed by atoms with Gasteiger partial charge in [0.1, 0.15) is 5.82 Å². The van der Waals surface area contributed by atoms with Gasteiger partial charge < -0.3 is 9.67 Å². The molecule has 1 aliphatic rings. The van der Waals surface area contributed by atoms with Crippen LogP contribution < -0.4 is 0 Å². The van der Waals surface area contributed by atoms with Crippen LogP contribution in [0.25, 0.3) is 10.9 Å². The monoisotopic (exact) mass is 492 g/mol. The molecule has 8 heteroatoms. The second-order valence-corrected chi connectivity index (χ2v) is 11.5. The molecule has 0 fully saturated rings. The van der Waals surface area contributed by atoms with E-state index in [4.69, 9.17) is 11.6 Å². The van der Waals surface area contributed by atoms with Crippen LogP contribution in [-0.4, -0.2) is 30.3 Å². The van der Waals surface area contributed by atoms with E-state index in [9.17, 15) is 19.7 Å². The van der Waals surface area contributed by atoms with Gasteiger partial charge in [0.25, 0.3) is 0 Å². The van der Waals surface area contributed by atoms with Crippen molar-refractivity contribution in [2.45, 2.75) is 63.3 Å². The molecule has 1 aliphatic carbocycles. The first kappa shape index (κ1) is 22.4. The first-order valence-electron chi connectivity index (χ1n) is 11.2. The van der Waals surface area contributed by atoms with Gasteiger partial charge in [-0.15, -0.1) is 0 Å². The van der Waals surface area contributed by atoms with E-state index in [0.717, 1.165) is 17.4 Å². The highest BCUT2D eigenvalue weighted by Crippen LogP contribution is 2.51. The first-order valence-corrected chi connectivity index (χ1v) is 13.0. The Morgan fingerprint density at radius 2 is 2.03 bits per heavy atom. The highest BCUT2D eigenvalue weighted by Gasteiger charge is 2.39. The van der Waals surface area contributed by atoms with Crippen molar-refractivity contribution in [3.63, 3.8) is 0 Å². The molecule has 0 radical (unpaired) electrons. The summed E-state index contributed by atoms with van der Waals surface area (Å²) in [4.78, 5) is 11.6. The number of benzene rings is 2. The molecule has 0 saturated heterocycles. The zero-order chi connectivity index (χ0) is 25.3. The Morgan fingerprint density at radius 3 is 2.61 bits per heavy atom. The fraction of sp³-hybridized carbons (Fsp3) is 0.400. The van der Waals surface area contributed by atoms with Gasteiger partial charge in [0.05, 0.1) is 24.2 Å². The van der Waals surface area contributed by atoms with Crippen molar-refractivity contribution in [1.82, 2.24) is 4.57 Å². The van der Waals surface area contributed by atoms with Gasteiger partial charge >= 0.3 is 5.97 Å². The molecule has 5 nitrogen and oxygen atoms in total. The Labute approximate surface area is 199 Å². The Balaban J connectivity index is 2.24. The lowest BCUT2D eigenvalue weighted by molar-refractivity contribution is -0.137. The van der Waals surface area contributed by atoms with Gasteiger partial charge in [-0.3, -0.25) is 4.79 Å². The maximum atomic E-state index is 15.1. The number of aliphatic carboxylic acids is 1. The van der Waals surface area contributed by atoms with E-state index in [-0.39, 0.29) is 28.3 Å². The Bertz CT molecular complexity index is 1460. The van der Waals surface area contributed by atoms with Gasteiger partial charge in [-0.2, -0.15) is 0 Å². The van der Waals surface area contributed by atoms with Crippen molar-refractivity contribution in [3.8, 4) is 0 Å². The molecule has 0 spiro atoms. The smallest absolute Gasteiger partial charge is 0.304 e. The second-order valence-electron chi connectivity index (χ2n) is 9.09. The third-order valence-corrected chi connectivity index (χ3v) is 8.17. The van der Waals surface area contributed by atoms with Gasteiger partial charge in [0, 0.05) is 33.8 Å². The topological polar surface area (TPSA) is 76.4 Å². The minimum absolute atomic E-state index is 0.0153. The highest BCUT2D eigenvalue weighted by molar-refractivity contribution is 7.91. The number of hydrogen-bond donors (Lipinski definition) is 1. The Kier molecular flexibility index (Phi) is 5.52. The summed E-state index contributed by atoms with van der Waals surface area (Å²) in [6, 6.07) is 4.94. The summed E-state index contributed by atoms with van der Waals surface area (Å²) in [5, 5.41) is 10.5. The molecule has 1 aromatic heterocycles. The number of fused-ring (bicyclic) bond motifs is 3. The lowest BCUT2D eigenvalue weighted by atomic mass is 9.97. The molecule has 3 atom stereocenters. The lowest BCUT2D eigenvalue weighted by Crippen LogP contribution is -2.16. The third kappa shape index (κ3) is 3.85. The van der Waals surface area contributed by atoms with E-state index in [1.54, 1.807) is 29.7 Å². The number of aromatic nitrogens is 1. The number of nitrogens with zero attached hydrogens (tertiary/aromatic N) is 1. The summed E-state index contributed by atoms with van der Waals surface area (Å²) in [7, 11) is -3.89. The summed E-state index contributed by atoms with van der Waals surface area (Å²) in [6.07, 6.45) is 1.38. The second kappa shape index (κ2) is 8.13. The summed E-state index contributed by atoms with van der Waals surface area (Å²) in [6.45, 7) is 6.81. The summed E-state index contributed by atoms with van der Waals surface area (Å²) < 4.78 is 52.1. The molecule has 2 aromatic carbocycles. The van der Waals surface area contributed by atoms with Gasteiger partial charge in [0.15, 0.2) is 9.84 Å². The predicted molar refractivity (Wildman–Crippen MR) is 128 cm³/mol. The van der Waals surface area contributed by atoms with Crippen molar-refractivity contribution in [1.29, 1.82) is 0 Å². The quantitative estimate of drug-likeness (QED) is 0.465. The van der Waals surface area contributed by atoms with Crippen LogP contribution in [0, 0.1) is 19.7 Å². The van der Waals surface area contributed by atoms with Crippen LogP contribution in [-0.2, 0) is 14.6 Å². The number of carbonyl (C=O) groups is 1. The largest absolute Gasteiger partial charge is 0.481 e. The third-order valence-electron chi connectivity index (χ3n) is 6.69. The van der Waals surface area contributed by atoms with E-state index in [1.165, 1.54) is 13.0 Å². The van der Waals surface area contributed by atoms with E-state index < -0.39 is 33.6 Å². The van der Waals surface area contributed by atoms with E-state index >= 15 is 4.39 Å². The van der Waals surface area contributed by atoms with Gasteiger partial charge in [0.2, 0.25) is 0 Å². The summed E-state index contributed by atoms with van der Waals surface area (Å²) in [5.41, 5.74) is 2.87. The van der Waals surface area contributed by atoms with Gasteiger partial charge in [-0.05, 0) is 68.0 Å². The van der Waals surface area contributed by atoms with E-state index in [2.05, 4.69) is 0 Å². The molecular formula is C25H27ClFNO4S. The minimum atomic E-state index is -3.89. The van der Waals surface area contributed by atoms with Crippen molar-refractivity contribution >= 4 is 38.3 Å². The molecule has 1 heterocycles. The molecule has 176 valence electrons. The fourth-order valence-electron chi connectivity index (χ4n) is 5.44. The normalized spacial score (nSPS) is 20.5. The molecule has 0 saturated carbocycles. The fourth-order valence-corrected chi connectivity index (χ4v) is 6.87. The highest BCUT2D eigenvalue weighted by atomic mass is 35.5. The van der Waals surface area contributed by atoms with E-state index in [1.807, 2.05) is 13.8 Å². The van der Waals surface area contributed by atoms with Crippen LogP contribution in [0.1, 0.15) is 73.9 Å². The lowest BCUT2D eigenvalue weighted by Gasteiger charge is -2.25. The van der Waals surface area contributed by atoms with Crippen molar-refractivity contribution < 1.29 is 24.1 Å². The number of aryl methyl sites for hydroxylation is 1. The maximum Gasteiger partial charge on any atom is 0.304 e. The first-order chi connectivity index (χ1) is 15.7. The molecule has 0 aliphatic heterocycles. The molecule has 33 heavy (non-hydrogen) atoms. The average molecular weight is 493 g/mol. The van der Waals surface area contributed by atoms with Crippen LogP contribution in [0.5, 0.6) is 0 Å². The van der Waals surface area contributed by atoms with Crippen molar-refractivity contribution in [3.05, 3.63) is 63.1 Å². The molecule has 2 unspecified atom stereocenters. The molecule has 0 bridgehead atoms. The Hall–Kier alpha value is -2.38. The van der Waals surface area contributed by atoms with E-state index in [0.29, 0.717) is 28.1 Å². The minimum Gasteiger partial charge on any atom is -0.481 e. The van der Waals surface area contributed by atoms with Crippen LogP contribution >= 0.6 is 11.6 Å². The SMILES string of the molecule is [2H]C(C)(c1ccc(Cl)cc1C)n1c2c(c3cc(F)c(C)c(S(C)(=O)=O)c31)C(C)C[C@@H]2CC(=O)O. The molecule has 4 rings (SSSR count). The predicted octanol–water partition coefficient (Wildman–Crippen LogP) is 6.13. The molecule has 0 amide bonds. The maximum absolute atomic E-state index is 15.1. The number of carboxylic acids is 1. The summed E-state index contributed by atoms with van der Waals surface area (Å²) >= 11 is 6.15. The molecule has 1 N–H and O–H groups in total. The number of sulfone groups is 1. The van der Waals surface area contributed by atoms with Crippen LogP contribution in [0.15, 0.2) is 29.2 Å². The average Bonchev–Trinajstić information content (AvgIpc) is 3.16. The van der Waals surface area contributed by atoms with Crippen LogP contribution in [0.4, 0.5) is 4.39 Å². The number of rotatable bonds is 5. The van der Waals surface area contributed by atoms with Crippen molar-refractivity contribution in [2.24, 2.45) is 0 Å². The zero-order valence-electron chi connectivity index (χ0n) is 20.2. The zero-order valence-corrected chi connectivity index (χ0v) is 20.7. The molecular weight excluding hydrogens is 465 g/mol. The Morgan fingerprint density at radius 1 is 1.36 bits per heavy atom. The van der Waals surface area contributed by atoms with Gasteiger partial charge in [-0.25, -0.2) is 12.8 Å². The summed E-state index contributed by atoms with van der Waals surface area (Å²) in [5.74, 6) is -2.19. The van der Waals surface area contributed by atoms with Gasteiger partial charge in [-0.1, -0.05) is 24.6 Å². The van der Waals surface area contributed by atoms with Crippen LogP contribution in [0.2, 0.25) is 5.02 Å². The molecule has 3 aromatic rings. The van der Waals surface area contributed by atoms with Crippen molar-refractivity contribution in [2.75, 3.05) is 6.26 Å². The van der Waals surface area contributed by atoms with Crippen LogP contribution in [0.3, 0.4) is 0 Å².